The second-order valence-corrected chi connectivity index (χ2v) is 15.6. The molecule has 3 rings (SSSR count). The van der Waals surface area contributed by atoms with Gasteiger partial charge in [0.25, 0.3) is 0 Å². The van der Waals surface area contributed by atoms with Crippen molar-refractivity contribution >= 4 is 58.3 Å². The number of amidine groups is 1. The van der Waals surface area contributed by atoms with E-state index in [0.29, 0.717) is 50.3 Å². The van der Waals surface area contributed by atoms with E-state index in [2.05, 4.69) is 9.97 Å². The smallest absolute Gasteiger partial charge is 0.185 e. The van der Waals surface area contributed by atoms with Gasteiger partial charge in [-0.05, 0) is 60.9 Å². The number of Topliss-reactive ketones (excluding diaryl/α,β-unsaturated/α-hetero) is 5. The Bertz CT molecular complexity index is 1640. The third-order valence-electron chi connectivity index (χ3n) is 8.69. The van der Waals surface area contributed by atoms with Crippen molar-refractivity contribution in [1.29, 1.82) is 5.41 Å². The van der Waals surface area contributed by atoms with Crippen LogP contribution >= 0.6 is 23.5 Å². The molecule has 7 N–H and O–H groups in total. The van der Waals surface area contributed by atoms with E-state index < -0.39 is 0 Å². The van der Waals surface area contributed by atoms with Crippen molar-refractivity contribution in [3.63, 3.8) is 0 Å². The summed E-state index contributed by atoms with van der Waals surface area (Å²) < 4.78 is 0. The summed E-state index contributed by atoms with van der Waals surface area (Å²) in [4.78, 5) is 74.4. The minimum Gasteiger partial charge on any atom is -0.388 e. The van der Waals surface area contributed by atoms with Crippen LogP contribution in [0.1, 0.15) is 114 Å². The minimum absolute atomic E-state index is 0.0251. The van der Waals surface area contributed by atoms with Crippen molar-refractivity contribution in [1.82, 2.24) is 9.97 Å². The second kappa shape index (κ2) is 24.4. The Kier molecular flexibility index (Phi) is 20.0. The van der Waals surface area contributed by atoms with Gasteiger partial charge in [-0.2, -0.15) is 0 Å². The quantitative estimate of drug-likeness (QED) is 0.0217. The fraction of sp³-hybridized carbons (Fsp3) is 0.463. The molecule has 0 unspecified atom stereocenters. The summed E-state index contributed by atoms with van der Waals surface area (Å²) in [5.74, 6) is 1.20. The highest BCUT2D eigenvalue weighted by Gasteiger charge is 2.20. The van der Waals surface area contributed by atoms with Crippen LogP contribution in [0.3, 0.4) is 0 Å². The second-order valence-electron chi connectivity index (χ2n) is 13.4. The highest BCUT2D eigenvalue weighted by molar-refractivity contribution is 7.99. The van der Waals surface area contributed by atoms with Crippen LogP contribution in [0.15, 0.2) is 58.6 Å². The van der Waals surface area contributed by atoms with E-state index in [1.807, 2.05) is 36.4 Å². The predicted octanol–water partition coefficient (Wildman–Crippen LogP) is 6.08. The van der Waals surface area contributed by atoms with E-state index in [1.54, 1.807) is 6.92 Å². The van der Waals surface area contributed by atoms with Gasteiger partial charge in [0.15, 0.2) is 11.6 Å². The first kappa shape index (κ1) is 44.4. The minimum atomic E-state index is -0.281. The van der Waals surface area contributed by atoms with E-state index in [9.17, 15) is 24.0 Å². The predicted molar refractivity (Wildman–Crippen MR) is 217 cm³/mol. The Morgan fingerprint density at radius 2 is 1.02 bits per heavy atom. The number of hydrogen-bond acceptors (Lipinski definition) is 12. The molecule has 0 atom stereocenters. The molecular formula is C41H54N6O5S2. The van der Waals surface area contributed by atoms with Gasteiger partial charge in [-0.15, -0.1) is 23.5 Å². The highest BCUT2D eigenvalue weighted by atomic mass is 32.2. The summed E-state index contributed by atoms with van der Waals surface area (Å²) in [6, 6.07) is 12.7. The molecule has 0 spiro atoms. The Hall–Kier alpha value is -4.04. The van der Waals surface area contributed by atoms with Crippen LogP contribution in [0.4, 0.5) is 0 Å². The van der Waals surface area contributed by atoms with Crippen LogP contribution in [0.2, 0.25) is 0 Å². The van der Waals surface area contributed by atoms with Gasteiger partial charge < -0.3 is 22.0 Å². The topological polar surface area (TPSA) is 213 Å². The van der Waals surface area contributed by atoms with Gasteiger partial charge in [-0.3, -0.25) is 24.6 Å². The maximum atomic E-state index is 13.6. The van der Waals surface area contributed by atoms with Crippen molar-refractivity contribution in [2.45, 2.75) is 107 Å². The Morgan fingerprint density at radius 1 is 0.611 bits per heavy atom. The molecule has 1 heterocycles. The summed E-state index contributed by atoms with van der Waals surface area (Å²) >= 11 is 3.04. The molecule has 290 valence electrons. The molecular weight excluding hydrogens is 721 g/mol. The number of benzene rings is 2. The van der Waals surface area contributed by atoms with Crippen molar-refractivity contribution in [3.8, 4) is 0 Å². The Morgan fingerprint density at radius 3 is 1.43 bits per heavy atom. The maximum Gasteiger partial charge on any atom is 0.185 e. The number of carbonyl (C=O) groups excluding carboxylic acids is 5. The van der Waals surface area contributed by atoms with Gasteiger partial charge in [-0.1, -0.05) is 49.2 Å². The lowest BCUT2D eigenvalue weighted by Gasteiger charge is -2.14. The molecule has 0 saturated heterocycles. The number of carbonyl (C=O) groups is 5. The largest absolute Gasteiger partial charge is 0.388 e. The van der Waals surface area contributed by atoms with Crippen molar-refractivity contribution in [2.75, 3.05) is 24.6 Å². The average molecular weight is 775 g/mol. The highest BCUT2D eigenvalue weighted by Crippen LogP contribution is 2.31. The number of thioether (sulfide) groups is 2. The van der Waals surface area contributed by atoms with E-state index in [4.69, 9.17) is 22.6 Å². The molecule has 11 nitrogen and oxygen atoms in total. The summed E-state index contributed by atoms with van der Waals surface area (Å²) in [7, 11) is 0. The lowest BCUT2D eigenvalue weighted by Crippen LogP contribution is -2.14. The Labute approximate surface area is 327 Å². The third-order valence-corrected chi connectivity index (χ3v) is 11.2. The number of nitrogens with zero attached hydrogens (tertiary/aromatic N) is 2. The Balaban J connectivity index is 1.72. The van der Waals surface area contributed by atoms with Gasteiger partial charge in [0.1, 0.15) is 35.1 Å². The van der Waals surface area contributed by atoms with Gasteiger partial charge in [0.2, 0.25) is 0 Å². The zero-order valence-corrected chi connectivity index (χ0v) is 33.0. The first-order valence-electron chi connectivity index (χ1n) is 18.6. The zero-order chi connectivity index (χ0) is 39.3. The van der Waals surface area contributed by atoms with Crippen molar-refractivity contribution in [2.24, 2.45) is 17.2 Å². The molecule has 0 fully saturated rings. The SMILES string of the molecule is CC(=O)CCCCCC(=O)Cc1cccc(CC(=O)c2cc(C(=O)Cc3cccc(CC(=O)CCCCCC(=N)N)c3SCCN)ncn2)c1SCCN. The third kappa shape index (κ3) is 15.7. The molecule has 1 aromatic heterocycles. The molecule has 0 aliphatic carbocycles. The van der Waals surface area contributed by atoms with Crippen molar-refractivity contribution in [3.05, 3.63) is 82.4 Å². The average Bonchev–Trinajstić information content (AvgIpc) is 3.13. The zero-order valence-electron chi connectivity index (χ0n) is 31.3. The van der Waals surface area contributed by atoms with Crippen LogP contribution < -0.4 is 17.2 Å². The summed E-state index contributed by atoms with van der Waals surface area (Å²) in [5.41, 5.74) is 20.5. The van der Waals surface area contributed by atoms with Crippen LogP contribution in [0.5, 0.6) is 0 Å². The number of nitrogens with two attached hydrogens (primary N) is 3. The molecule has 54 heavy (non-hydrogen) atoms. The van der Waals surface area contributed by atoms with Crippen LogP contribution in [-0.2, 0) is 40.1 Å². The van der Waals surface area contributed by atoms with Gasteiger partial charge in [0.05, 0.1) is 5.84 Å². The van der Waals surface area contributed by atoms with Crippen molar-refractivity contribution < 1.29 is 24.0 Å². The molecule has 0 radical (unpaired) electrons. The van der Waals surface area contributed by atoms with E-state index in [1.165, 1.54) is 35.9 Å². The molecule has 0 aliphatic rings. The molecule has 0 amide bonds. The number of aromatic nitrogens is 2. The number of nitrogens with one attached hydrogen (secondary N) is 1. The van der Waals surface area contributed by atoms with Gasteiger partial charge in [-0.25, -0.2) is 9.97 Å². The molecule has 13 heteroatoms. The molecule has 0 aliphatic heterocycles. The first-order valence-corrected chi connectivity index (χ1v) is 20.6. The van der Waals surface area contributed by atoms with Gasteiger partial charge in [0, 0.05) is 85.8 Å². The lowest BCUT2D eigenvalue weighted by molar-refractivity contribution is -0.119. The number of unbranched alkanes of at least 4 members (excludes halogenated alkanes) is 4. The fourth-order valence-electron chi connectivity index (χ4n) is 6.00. The van der Waals surface area contributed by atoms with Gasteiger partial charge >= 0.3 is 0 Å². The summed E-state index contributed by atoms with van der Waals surface area (Å²) in [6.07, 6.45) is 8.37. The van der Waals surface area contributed by atoms with E-state index >= 15 is 0 Å². The standard InChI is InChI=1S/C41H54N6O5S2/c1-28(48)10-4-2-5-15-33(49)22-29-11-8-13-31(40(29)53-20-18-42)24-37(51)35-26-36(47-27-46-35)38(52)25-32-14-9-12-30(41(32)54-21-19-43)23-34(50)16-6-3-7-17-39(44)45/h8-9,11-14,26-27H,2-7,10,15-25,42-43H2,1H3,(H3,44,45). The summed E-state index contributed by atoms with van der Waals surface area (Å²) in [6.45, 7) is 2.44. The number of rotatable bonds is 28. The lowest BCUT2D eigenvalue weighted by atomic mass is 9.98. The fourth-order valence-corrected chi connectivity index (χ4v) is 7.95. The van der Waals surface area contributed by atoms with E-state index in [0.717, 1.165) is 70.6 Å². The number of ketones is 5. The molecule has 3 aromatic rings. The van der Waals surface area contributed by atoms with Crippen LogP contribution in [0.25, 0.3) is 0 Å². The monoisotopic (exact) mass is 774 g/mol. The molecule has 0 saturated carbocycles. The number of hydrogen-bond donors (Lipinski definition) is 4. The molecule has 2 aromatic carbocycles. The van der Waals surface area contributed by atoms with E-state index in [-0.39, 0.29) is 71.8 Å². The normalized spacial score (nSPS) is 11.0. The maximum absolute atomic E-state index is 13.6. The summed E-state index contributed by atoms with van der Waals surface area (Å²) in [5, 5.41) is 7.35. The molecule has 0 bridgehead atoms. The van der Waals surface area contributed by atoms with Crippen LogP contribution in [-0.4, -0.2) is 69.3 Å². The van der Waals surface area contributed by atoms with Crippen LogP contribution in [0, 0.1) is 5.41 Å². The first-order chi connectivity index (χ1) is 26.0.